The van der Waals surface area contributed by atoms with E-state index >= 15 is 0 Å². The Labute approximate surface area is 328 Å². The van der Waals surface area contributed by atoms with Gasteiger partial charge in [0.25, 0.3) is 0 Å². The summed E-state index contributed by atoms with van der Waals surface area (Å²) in [5, 5.41) is 7.19. The lowest BCUT2D eigenvalue weighted by Gasteiger charge is -2.14. The van der Waals surface area contributed by atoms with Crippen molar-refractivity contribution in [3.63, 3.8) is 0 Å². The summed E-state index contributed by atoms with van der Waals surface area (Å²) in [6.45, 7) is 0. The Morgan fingerprint density at radius 1 is 0.246 bits per heavy atom. The molecule has 12 rings (SSSR count). The van der Waals surface area contributed by atoms with Crippen LogP contribution in [0.2, 0.25) is 0 Å². The maximum absolute atomic E-state index is 6.32. The molecule has 0 spiro atoms. The number of aromatic nitrogens is 2. The molecule has 3 nitrogen and oxygen atoms in total. The van der Waals surface area contributed by atoms with Crippen LogP contribution in [0.4, 0.5) is 0 Å². The third-order valence-electron chi connectivity index (χ3n) is 11.7. The van der Waals surface area contributed by atoms with Crippen molar-refractivity contribution in [1.29, 1.82) is 0 Å². The van der Waals surface area contributed by atoms with Crippen molar-refractivity contribution in [1.82, 2.24) is 9.13 Å². The average molecular weight is 727 g/mol. The van der Waals surface area contributed by atoms with E-state index in [9.17, 15) is 0 Å². The number of benzene rings is 9. The van der Waals surface area contributed by atoms with Gasteiger partial charge >= 0.3 is 0 Å². The second-order valence-electron chi connectivity index (χ2n) is 14.9. The topological polar surface area (TPSA) is 23.0 Å². The quantitative estimate of drug-likeness (QED) is 0.173. The second-order valence-corrected chi connectivity index (χ2v) is 14.9. The Morgan fingerprint density at radius 3 is 1.32 bits per heavy atom. The molecule has 0 saturated heterocycles. The van der Waals surface area contributed by atoms with Gasteiger partial charge in [-0.25, -0.2) is 0 Å². The van der Waals surface area contributed by atoms with Crippen LogP contribution in [-0.4, -0.2) is 9.13 Å². The molecule has 266 valence electrons. The number of hydrogen-bond acceptors (Lipinski definition) is 1. The van der Waals surface area contributed by atoms with Gasteiger partial charge in [-0.15, -0.1) is 0 Å². The van der Waals surface area contributed by atoms with E-state index < -0.39 is 0 Å². The van der Waals surface area contributed by atoms with Gasteiger partial charge in [0, 0.05) is 49.8 Å². The van der Waals surface area contributed by atoms with Gasteiger partial charge in [-0.1, -0.05) is 127 Å². The Morgan fingerprint density at radius 2 is 0.719 bits per heavy atom. The van der Waals surface area contributed by atoms with Gasteiger partial charge in [-0.2, -0.15) is 0 Å². The zero-order chi connectivity index (χ0) is 37.5. The summed E-state index contributed by atoms with van der Waals surface area (Å²) < 4.78 is 11.1. The predicted octanol–water partition coefficient (Wildman–Crippen LogP) is 14.8. The van der Waals surface area contributed by atoms with E-state index in [1.807, 2.05) is 12.1 Å². The van der Waals surface area contributed by atoms with Gasteiger partial charge in [0.2, 0.25) is 0 Å². The van der Waals surface area contributed by atoms with E-state index in [0.717, 1.165) is 33.3 Å². The number of rotatable bonds is 5. The second kappa shape index (κ2) is 12.5. The Balaban J connectivity index is 1.02. The van der Waals surface area contributed by atoms with Crippen LogP contribution in [-0.2, 0) is 0 Å². The molecule has 3 heterocycles. The molecule has 0 atom stereocenters. The highest BCUT2D eigenvalue weighted by molar-refractivity contribution is 6.13. The van der Waals surface area contributed by atoms with E-state index in [-0.39, 0.29) is 0 Å². The van der Waals surface area contributed by atoms with Crippen molar-refractivity contribution >= 4 is 65.6 Å². The Bertz CT molecular complexity index is 3450. The summed E-state index contributed by atoms with van der Waals surface area (Å²) in [6, 6.07) is 74.6. The van der Waals surface area contributed by atoms with Crippen LogP contribution in [0.1, 0.15) is 0 Å². The third kappa shape index (κ3) is 4.99. The molecule has 9 aromatic carbocycles. The van der Waals surface area contributed by atoms with E-state index in [2.05, 4.69) is 203 Å². The highest BCUT2D eigenvalue weighted by atomic mass is 16.3. The molecule has 0 saturated carbocycles. The van der Waals surface area contributed by atoms with Gasteiger partial charge in [0.1, 0.15) is 11.2 Å². The summed E-state index contributed by atoms with van der Waals surface area (Å²) in [4.78, 5) is 0. The fourth-order valence-electron chi connectivity index (χ4n) is 9.05. The van der Waals surface area contributed by atoms with Gasteiger partial charge < -0.3 is 13.6 Å². The first-order valence-electron chi connectivity index (χ1n) is 19.5. The third-order valence-corrected chi connectivity index (χ3v) is 11.7. The standard InChI is InChI=1S/C54H34N2O/c1-3-13-35(14-4-1)39-29-40(36-15-5-2-6-16-36)31-42(30-39)56-50-21-11-8-18-44(50)48-33-38(24-28-52(48)56)37-23-27-51-47(32-37)43-17-7-10-20-49(43)55(51)41-25-26-46-45-19-9-12-22-53(45)57-54(46)34-41/h1-34H. The minimum Gasteiger partial charge on any atom is -0.456 e. The molecule has 0 aliphatic heterocycles. The monoisotopic (exact) mass is 726 g/mol. The smallest absolute Gasteiger partial charge is 0.137 e. The zero-order valence-electron chi connectivity index (χ0n) is 30.9. The number of furan rings is 1. The largest absolute Gasteiger partial charge is 0.456 e. The summed E-state index contributed by atoms with van der Waals surface area (Å²) in [5.74, 6) is 0. The number of nitrogens with zero attached hydrogens (tertiary/aromatic N) is 2. The lowest BCUT2D eigenvalue weighted by atomic mass is 9.98. The van der Waals surface area contributed by atoms with Gasteiger partial charge in [0.15, 0.2) is 0 Å². The lowest BCUT2D eigenvalue weighted by Crippen LogP contribution is -1.96. The molecular formula is C54H34N2O. The molecule has 0 aliphatic rings. The first-order chi connectivity index (χ1) is 28.2. The minimum atomic E-state index is 0.895. The van der Waals surface area contributed by atoms with Crippen LogP contribution in [0, 0.1) is 0 Å². The van der Waals surface area contributed by atoms with Crippen LogP contribution in [0.3, 0.4) is 0 Å². The highest BCUT2D eigenvalue weighted by Gasteiger charge is 2.18. The molecule has 0 radical (unpaired) electrons. The van der Waals surface area contributed by atoms with Crippen LogP contribution < -0.4 is 0 Å². The van der Waals surface area contributed by atoms with Crippen molar-refractivity contribution in [2.24, 2.45) is 0 Å². The van der Waals surface area contributed by atoms with E-state index in [1.165, 1.54) is 77.0 Å². The molecule has 3 aromatic heterocycles. The van der Waals surface area contributed by atoms with E-state index in [0.29, 0.717) is 0 Å². The average Bonchev–Trinajstić information content (AvgIpc) is 3.93. The summed E-state index contributed by atoms with van der Waals surface area (Å²) in [5.41, 5.74) is 15.9. The van der Waals surface area contributed by atoms with Crippen LogP contribution in [0.25, 0.3) is 110 Å². The maximum atomic E-state index is 6.32. The van der Waals surface area contributed by atoms with Crippen molar-refractivity contribution in [3.05, 3.63) is 206 Å². The Kier molecular flexibility index (Phi) is 6.93. The van der Waals surface area contributed by atoms with Crippen molar-refractivity contribution < 1.29 is 4.42 Å². The zero-order valence-corrected chi connectivity index (χ0v) is 30.9. The predicted molar refractivity (Wildman–Crippen MR) is 239 cm³/mol. The van der Waals surface area contributed by atoms with Crippen LogP contribution in [0.15, 0.2) is 211 Å². The maximum Gasteiger partial charge on any atom is 0.137 e. The molecule has 0 unspecified atom stereocenters. The normalized spacial score (nSPS) is 11.9. The van der Waals surface area contributed by atoms with Gasteiger partial charge in [-0.3, -0.25) is 0 Å². The van der Waals surface area contributed by atoms with Gasteiger partial charge in [0.05, 0.1) is 22.1 Å². The summed E-state index contributed by atoms with van der Waals surface area (Å²) in [7, 11) is 0. The molecule has 3 heteroatoms. The highest BCUT2D eigenvalue weighted by Crippen LogP contribution is 2.40. The summed E-state index contributed by atoms with van der Waals surface area (Å²) >= 11 is 0. The minimum absolute atomic E-state index is 0.895. The molecule has 57 heavy (non-hydrogen) atoms. The van der Waals surface area contributed by atoms with Crippen molar-refractivity contribution in [3.8, 4) is 44.8 Å². The molecule has 0 bridgehead atoms. The van der Waals surface area contributed by atoms with Gasteiger partial charge in [-0.05, 0) is 106 Å². The lowest BCUT2D eigenvalue weighted by molar-refractivity contribution is 0.668. The molecule has 0 aliphatic carbocycles. The van der Waals surface area contributed by atoms with Crippen LogP contribution >= 0.6 is 0 Å². The molecule has 12 aromatic rings. The molecule has 0 amide bonds. The first kappa shape index (κ1) is 31.7. The van der Waals surface area contributed by atoms with Crippen molar-refractivity contribution in [2.45, 2.75) is 0 Å². The van der Waals surface area contributed by atoms with E-state index in [4.69, 9.17) is 4.42 Å². The molecule has 0 fully saturated rings. The first-order valence-corrected chi connectivity index (χ1v) is 19.5. The summed E-state index contributed by atoms with van der Waals surface area (Å²) in [6.07, 6.45) is 0. The Hall–Kier alpha value is -7.62. The van der Waals surface area contributed by atoms with Crippen molar-refractivity contribution in [2.75, 3.05) is 0 Å². The molecular weight excluding hydrogens is 693 g/mol. The van der Waals surface area contributed by atoms with Crippen LogP contribution in [0.5, 0.6) is 0 Å². The SMILES string of the molecule is c1ccc(-c2cc(-c3ccccc3)cc(-n3c4ccccc4c4cc(-c5ccc6c(c5)c5ccccc5n6-c5ccc6c(c5)oc5ccccc56)ccc43)c2)cc1. The molecule has 0 N–H and O–H groups in total. The van der Waals surface area contributed by atoms with E-state index in [1.54, 1.807) is 0 Å². The number of hydrogen-bond donors (Lipinski definition) is 0. The number of para-hydroxylation sites is 3. The fourth-order valence-corrected chi connectivity index (χ4v) is 9.05. The number of fused-ring (bicyclic) bond motifs is 9. The fraction of sp³-hybridized carbons (Fsp3) is 0.